The van der Waals surface area contributed by atoms with Gasteiger partial charge in [-0.05, 0) is 38.8 Å². The summed E-state index contributed by atoms with van der Waals surface area (Å²) >= 11 is 0. The summed E-state index contributed by atoms with van der Waals surface area (Å²) < 4.78 is 5.52. The Hall–Kier alpha value is -1.66. The molecule has 0 radical (unpaired) electrons. The molecule has 0 spiro atoms. The lowest BCUT2D eigenvalue weighted by Gasteiger charge is -2.40. The third-order valence-corrected chi connectivity index (χ3v) is 4.29. The molecule has 3 atom stereocenters. The average molecular weight is 308 g/mol. The van der Waals surface area contributed by atoms with Crippen molar-refractivity contribution < 1.29 is 14.8 Å². The number of ether oxygens (including phenoxy) is 1. The predicted molar refractivity (Wildman–Crippen MR) is 84.1 cm³/mol. The standard InChI is InChI=1S/C16H24N2O4/c1-12-4-3-5-13(2)17(12)10-15(19)11-22-16-8-6-14(7-9-16)18(20)21/h6-9,12-13,15,19H,3-5,10-11H2,1-2H3/t12-,13+,15-/m0/s1. The van der Waals surface area contributed by atoms with Crippen LogP contribution in [0.1, 0.15) is 33.1 Å². The molecule has 1 aromatic carbocycles. The number of non-ortho nitro benzene ring substituents is 1. The second-order valence-electron chi connectivity index (χ2n) is 6.04. The van der Waals surface area contributed by atoms with Crippen LogP contribution in [0.25, 0.3) is 0 Å². The summed E-state index contributed by atoms with van der Waals surface area (Å²) in [6, 6.07) is 6.87. The van der Waals surface area contributed by atoms with E-state index in [9.17, 15) is 15.2 Å². The zero-order valence-corrected chi connectivity index (χ0v) is 13.1. The van der Waals surface area contributed by atoms with Crippen molar-refractivity contribution in [1.29, 1.82) is 0 Å². The van der Waals surface area contributed by atoms with Crippen molar-refractivity contribution in [3.05, 3.63) is 34.4 Å². The number of likely N-dealkylation sites (tertiary alicyclic amines) is 1. The first-order chi connectivity index (χ1) is 10.5. The summed E-state index contributed by atoms with van der Waals surface area (Å²) in [7, 11) is 0. The first kappa shape index (κ1) is 16.7. The maximum atomic E-state index is 10.6. The highest BCUT2D eigenvalue weighted by molar-refractivity contribution is 5.35. The lowest BCUT2D eigenvalue weighted by atomic mass is 9.97. The molecule has 0 amide bonds. The largest absolute Gasteiger partial charge is 0.491 e. The molecule has 0 aliphatic carbocycles. The molecule has 6 nitrogen and oxygen atoms in total. The van der Waals surface area contributed by atoms with E-state index in [-0.39, 0.29) is 12.3 Å². The van der Waals surface area contributed by atoms with Crippen molar-refractivity contribution >= 4 is 5.69 Å². The highest BCUT2D eigenvalue weighted by Crippen LogP contribution is 2.23. The van der Waals surface area contributed by atoms with Gasteiger partial charge < -0.3 is 9.84 Å². The van der Waals surface area contributed by atoms with Crippen LogP contribution in [0.4, 0.5) is 5.69 Å². The summed E-state index contributed by atoms with van der Waals surface area (Å²) in [6.45, 7) is 5.17. The molecule has 0 unspecified atom stereocenters. The Morgan fingerprint density at radius 1 is 1.32 bits per heavy atom. The molecule has 2 rings (SSSR count). The van der Waals surface area contributed by atoms with Gasteiger partial charge in [-0.1, -0.05) is 6.42 Å². The van der Waals surface area contributed by atoms with Crippen LogP contribution in [-0.2, 0) is 0 Å². The first-order valence-electron chi connectivity index (χ1n) is 7.78. The van der Waals surface area contributed by atoms with Crippen LogP contribution in [0.2, 0.25) is 0 Å². The van der Waals surface area contributed by atoms with Crippen molar-refractivity contribution in [2.24, 2.45) is 0 Å². The molecule has 1 fully saturated rings. The molecule has 1 N–H and O–H groups in total. The first-order valence-corrected chi connectivity index (χ1v) is 7.78. The van der Waals surface area contributed by atoms with Gasteiger partial charge in [-0.2, -0.15) is 0 Å². The minimum absolute atomic E-state index is 0.0314. The van der Waals surface area contributed by atoms with Crippen molar-refractivity contribution in [3.63, 3.8) is 0 Å². The number of benzene rings is 1. The van der Waals surface area contributed by atoms with E-state index in [2.05, 4.69) is 18.7 Å². The van der Waals surface area contributed by atoms with E-state index < -0.39 is 11.0 Å². The summed E-state index contributed by atoms with van der Waals surface area (Å²) in [5.41, 5.74) is 0.0314. The Morgan fingerprint density at radius 2 is 1.91 bits per heavy atom. The second-order valence-corrected chi connectivity index (χ2v) is 6.04. The number of hydrogen-bond donors (Lipinski definition) is 1. The third-order valence-electron chi connectivity index (χ3n) is 4.29. The number of β-amino-alcohol motifs (C(OH)–C–C–N with tert-alkyl or cyclic N) is 1. The SMILES string of the molecule is C[C@@H]1CCC[C@H](C)N1C[C@H](O)COc1ccc([N+](=O)[O-])cc1. The number of piperidine rings is 1. The van der Waals surface area contributed by atoms with Crippen LogP contribution < -0.4 is 4.74 Å². The van der Waals surface area contributed by atoms with Gasteiger partial charge >= 0.3 is 0 Å². The molecule has 0 saturated carbocycles. The summed E-state index contributed by atoms with van der Waals surface area (Å²) in [6.07, 6.45) is 3.01. The molecule has 0 bridgehead atoms. The van der Waals surface area contributed by atoms with Crippen molar-refractivity contribution in [2.75, 3.05) is 13.2 Å². The number of nitro benzene ring substituents is 1. The molecular weight excluding hydrogens is 284 g/mol. The fourth-order valence-corrected chi connectivity index (χ4v) is 2.99. The summed E-state index contributed by atoms with van der Waals surface area (Å²) in [4.78, 5) is 12.5. The number of nitrogens with zero attached hydrogens (tertiary/aromatic N) is 2. The molecule has 1 aliphatic heterocycles. The third kappa shape index (κ3) is 4.42. The van der Waals surface area contributed by atoms with E-state index in [4.69, 9.17) is 4.74 Å². The summed E-state index contributed by atoms with van der Waals surface area (Å²) in [5.74, 6) is 0.532. The maximum absolute atomic E-state index is 10.6. The van der Waals surface area contributed by atoms with Gasteiger partial charge in [-0.15, -0.1) is 0 Å². The van der Waals surface area contributed by atoms with Crippen molar-refractivity contribution in [2.45, 2.75) is 51.3 Å². The normalized spacial score (nSPS) is 24.0. The van der Waals surface area contributed by atoms with Gasteiger partial charge in [0, 0.05) is 30.8 Å². The molecule has 1 heterocycles. The van der Waals surface area contributed by atoms with E-state index in [1.807, 2.05) is 0 Å². The quantitative estimate of drug-likeness (QED) is 0.646. The summed E-state index contributed by atoms with van der Waals surface area (Å²) in [5, 5.41) is 20.7. The number of rotatable bonds is 6. The van der Waals surface area contributed by atoms with Gasteiger partial charge in [0.25, 0.3) is 5.69 Å². The second kappa shape index (κ2) is 7.56. The van der Waals surface area contributed by atoms with Gasteiger partial charge in [-0.25, -0.2) is 0 Å². The average Bonchev–Trinajstić information content (AvgIpc) is 2.49. The molecule has 1 aromatic rings. The number of hydrogen-bond acceptors (Lipinski definition) is 5. The molecule has 22 heavy (non-hydrogen) atoms. The minimum atomic E-state index is -0.571. The lowest BCUT2D eigenvalue weighted by molar-refractivity contribution is -0.384. The number of nitro groups is 1. The van der Waals surface area contributed by atoms with E-state index in [1.54, 1.807) is 12.1 Å². The molecule has 122 valence electrons. The Balaban J connectivity index is 1.81. The van der Waals surface area contributed by atoms with Crippen LogP contribution in [0.3, 0.4) is 0 Å². The van der Waals surface area contributed by atoms with E-state index >= 15 is 0 Å². The van der Waals surface area contributed by atoms with Crippen LogP contribution in [0.5, 0.6) is 5.75 Å². The predicted octanol–water partition coefficient (Wildman–Crippen LogP) is 2.60. The molecule has 6 heteroatoms. The van der Waals surface area contributed by atoms with Gasteiger partial charge in [0.15, 0.2) is 0 Å². The van der Waals surface area contributed by atoms with E-state index in [1.165, 1.54) is 31.4 Å². The molecule has 1 saturated heterocycles. The zero-order chi connectivity index (χ0) is 16.1. The van der Waals surface area contributed by atoms with E-state index in [0.717, 1.165) is 0 Å². The maximum Gasteiger partial charge on any atom is 0.269 e. The minimum Gasteiger partial charge on any atom is -0.491 e. The van der Waals surface area contributed by atoms with Gasteiger partial charge in [0.05, 0.1) is 4.92 Å². The Kier molecular flexibility index (Phi) is 5.74. The number of aliphatic hydroxyl groups is 1. The van der Waals surface area contributed by atoms with Crippen molar-refractivity contribution in [3.8, 4) is 5.75 Å². The molecular formula is C16H24N2O4. The molecule has 1 aliphatic rings. The Labute approximate surface area is 130 Å². The van der Waals surface area contributed by atoms with Gasteiger partial charge in [0.2, 0.25) is 0 Å². The van der Waals surface area contributed by atoms with Gasteiger partial charge in [-0.3, -0.25) is 15.0 Å². The lowest BCUT2D eigenvalue weighted by Crippen LogP contribution is -2.48. The highest BCUT2D eigenvalue weighted by atomic mass is 16.6. The topological polar surface area (TPSA) is 75.8 Å². The zero-order valence-electron chi connectivity index (χ0n) is 13.1. The van der Waals surface area contributed by atoms with Crippen LogP contribution in [0, 0.1) is 10.1 Å². The van der Waals surface area contributed by atoms with Crippen molar-refractivity contribution in [1.82, 2.24) is 4.90 Å². The monoisotopic (exact) mass is 308 g/mol. The Morgan fingerprint density at radius 3 is 2.45 bits per heavy atom. The van der Waals surface area contributed by atoms with Crippen LogP contribution in [0.15, 0.2) is 24.3 Å². The number of aliphatic hydroxyl groups excluding tert-OH is 1. The van der Waals surface area contributed by atoms with Crippen LogP contribution in [-0.4, -0.2) is 46.3 Å². The molecule has 0 aromatic heterocycles. The smallest absolute Gasteiger partial charge is 0.269 e. The van der Waals surface area contributed by atoms with Gasteiger partial charge in [0.1, 0.15) is 18.5 Å². The van der Waals surface area contributed by atoms with Crippen LogP contribution >= 0.6 is 0 Å². The fourth-order valence-electron chi connectivity index (χ4n) is 2.99. The highest BCUT2D eigenvalue weighted by Gasteiger charge is 2.26. The Bertz CT molecular complexity index is 481. The fraction of sp³-hybridized carbons (Fsp3) is 0.625. The van der Waals surface area contributed by atoms with E-state index in [0.29, 0.717) is 24.4 Å².